The largest absolute Gasteiger partial charge is 0.351 e. The van der Waals surface area contributed by atoms with Crippen molar-refractivity contribution in [1.29, 1.82) is 0 Å². The molecule has 0 aromatic heterocycles. The summed E-state index contributed by atoms with van der Waals surface area (Å²) in [4.78, 5) is 0. The molecule has 4 aliphatic rings. The molecule has 4 heterocycles. The molecule has 1 aromatic rings. The topological polar surface area (TPSA) is 55.4 Å². The van der Waals surface area contributed by atoms with Crippen LogP contribution in [0.15, 0.2) is 30.3 Å². The molecule has 4 aliphatic heterocycles. The summed E-state index contributed by atoms with van der Waals surface area (Å²) in [6.07, 6.45) is -1.47. The maximum atomic E-state index is 6.18. The van der Waals surface area contributed by atoms with Crippen LogP contribution in [-0.2, 0) is 35.0 Å². The van der Waals surface area contributed by atoms with Crippen LogP contribution in [0.4, 0.5) is 0 Å². The highest BCUT2D eigenvalue weighted by Gasteiger charge is 2.69. The van der Waals surface area contributed by atoms with Crippen LogP contribution in [0.2, 0.25) is 0 Å². The lowest BCUT2D eigenvalue weighted by Gasteiger charge is -2.53. The van der Waals surface area contributed by atoms with Gasteiger partial charge in [-0.1, -0.05) is 30.3 Å². The Balaban J connectivity index is 1.61. The van der Waals surface area contributed by atoms with E-state index in [-0.39, 0.29) is 12.2 Å². The first kappa shape index (κ1) is 15.5. The monoisotopic (exact) mass is 322 g/mol. The predicted octanol–water partition coefficient (Wildman–Crippen LogP) is 1.82. The van der Waals surface area contributed by atoms with Gasteiger partial charge in [0.05, 0.1) is 13.2 Å². The number of hydrogen-bond acceptors (Lipinski definition) is 6. The molecule has 6 heteroatoms. The van der Waals surface area contributed by atoms with E-state index in [9.17, 15) is 0 Å². The summed E-state index contributed by atoms with van der Waals surface area (Å²) in [7, 11) is 1.58. The predicted molar refractivity (Wildman–Crippen MR) is 79.4 cm³/mol. The Morgan fingerprint density at radius 2 is 1.96 bits per heavy atom. The van der Waals surface area contributed by atoms with Crippen molar-refractivity contribution in [2.75, 3.05) is 13.7 Å². The van der Waals surface area contributed by atoms with Crippen molar-refractivity contribution in [3.63, 3.8) is 0 Å². The summed E-state index contributed by atoms with van der Waals surface area (Å²) in [6.45, 7) is 4.55. The molecular weight excluding hydrogens is 300 g/mol. The second kappa shape index (κ2) is 5.51. The van der Waals surface area contributed by atoms with Crippen molar-refractivity contribution in [3.8, 4) is 0 Å². The zero-order valence-electron chi connectivity index (χ0n) is 13.6. The van der Waals surface area contributed by atoms with E-state index in [0.717, 1.165) is 5.56 Å². The molecule has 0 N–H and O–H groups in total. The van der Waals surface area contributed by atoms with Crippen molar-refractivity contribution in [2.24, 2.45) is 0 Å². The Morgan fingerprint density at radius 3 is 2.70 bits per heavy atom. The minimum atomic E-state index is -1.13. The normalized spacial score (nSPS) is 41.0. The van der Waals surface area contributed by atoms with Crippen molar-refractivity contribution < 1.29 is 28.4 Å². The minimum absolute atomic E-state index is 0.214. The van der Waals surface area contributed by atoms with E-state index in [0.29, 0.717) is 13.2 Å². The molecule has 126 valence electrons. The Bertz CT molecular complexity index is 561. The van der Waals surface area contributed by atoms with E-state index >= 15 is 0 Å². The molecule has 0 radical (unpaired) electrons. The smallest absolute Gasteiger partial charge is 0.251 e. The van der Waals surface area contributed by atoms with Gasteiger partial charge in [0.1, 0.15) is 18.3 Å². The molecule has 0 aliphatic carbocycles. The van der Waals surface area contributed by atoms with Crippen molar-refractivity contribution in [3.05, 3.63) is 35.9 Å². The zero-order valence-corrected chi connectivity index (χ0v) is 13.6. The van der Waals surface area contributed by atoms with Gasteiger partial charge in [-0.05, 0) is 19.4 Å². The molecule has 0 spiro atoms. The third-order valence-electron chi connectivity index (χ3n) is 4.51. The highest BCUT2D eigenvalue weighted by Crippen LogP contribution is 2.48. The lowest BCUT2D eigenvalue weighted by atomic mass is 9.92. The lowest BCUT2D eigenvalue weighted by Crippen LogP contribution is -2.73. The lowest BCUT2D eigenvalue weighted by molar-refractivity contribution is -0.454. The summed E-state index contributed by atoms with van der Waals surface area (Å²) in [6, 6.07) is 9.92. The highest BCUT2D eigenvalue weighted by molar-refractivity contribution is 5.14. The maximum absolute atomic E-state index is 6.18. The fourth-order valence-electron chi connectivity index (χ4n) is 3.52. The van der Waals surface area contributed by atoms with Gasteiger partial charge >= 0.3 is 0 Å². The van der Waals surface area contributed by atoms with Gasteiger partial charge in [0.2, 0.25) is 6.29 Å². The number of hydrogen-bond donors (Lipinski definition) is 0. The van der Waals surface area contributed by atoms with E-state index in [1.165, 1.54) is 0 Å². The number of fused-ring (bicyclic) bond motifs is 2. The van der Waals surface area contributed by atoms with Crippen LogP contribution in [0.1, 0.15) is 19.4 Å². The minimum Gasteiger partial charge on any atom is -0.351 e. The van der Waals surface area contributed by atoms with Crippen LogP contribution in [0, 0.1) is 0 Å². The Kier molecular flexibility index (Phi) is 3.72. The number of methoxy groups -OCH3 is 1. The summed E-state index contributed by atoms with van der Waals surface area (Å²) >= 11 is 0. The van der Waals surface area contributed by atoms with Crippen molar-refractivity contribution in [1.82, 2.24) is 0 Å². The Morgan fingerprint density at radius 1 is 1.17 bits per heavy atom. The van der Waals surface area contributed by atoms with Crippen LogP contribution >= 0.6 is 0 Å². The van der Waals surface area contributed by atoms with Crippen LogP contribution in [-0.4, -0.2) is 49.9 Å². The summed E-state index contributed by atoms with van der Waals surface area (Å²) in [5.74, 6) is -1.83. The average molecular weight is 322 g/mol. The molecule has 0 unspecified atom stereocenters. The molecule has 0 saturated carbocycles. The Hall–Kier alpha value is -1.02. The Labute approximate surface area is 135 Å². The third-order valence-corrected chi connectivity index (χ3v) is 4.51. The van der Waals surface area contributed by atoms with Gasteiger partial charge in [-0.2, -0.15) is 0 Å². The van der Waals surface area contributed by atoms with Gasteiger partial charge in [0, 0.05) is 7.11 Å². The summed E-state index contributed by atoms with van der Waals surface area (Å²) in [5.41, 5.74) is 1.04. The highest BCUT2D eigenvalue weighted by atomic mass is 16.8. The van der Waals surface area contributed by atoms with Gasteiger partial charge in [0.25, 0.3) is 5.79 Å². The second-order valence-corrected chi connectivity index (χ2v) is 6.57. The second-order valence-electron chi connectivity index (χ2n) is 6.57. The first-order valence-electron chi connectivity index (χ1n) is 7.90. The molecule has 2 bridgehead atoms. The molecule has 5 atom stereocenters. The molecule has 6 nitrogen and oxygen atoms in total. The molecule has 1 aromatic carbocycles. The maximum Gasteiger partial charge on any atom is 0.251 e. The van der Waals surface area contributed by atoms with E-state index in [1.807, 2.05) is 44.2 Å². The summed E-state index contributed by atoms with van der Waals surface area (Å²) in [5, 5.41) is 0. The SMILES string of the molecule is CO[C@@H]1O[C@@H]2CO[C@@]1(OCc1ccccc1)[C@@H]1OC(C)(C)O[C@H]12. The fourth-order valence-corrected chi connectivity index (χ4v) is 3.52. The average Bonchev–Trinajstić information content (AvgIpc) is 2.91. The van der Waals surface area contributed by atoms with Crippen LogP contribution in [0.25, 0.3) is 0 Å². The number of rotatable bonds is 4. The molecule has 4 fully saturated rings. The fraction of sp³-hybridized carbons (Fsp3) is 0.647. The van der Waals surface area contributed by atoms with Crippen LogP contribution in [0.3, 0.4) is 0 Å². The standard InChI is InChI=1S/C17H22O6/c1-16(2)22-13-12-10-20-17(14(13)23-16,15(18-3)21-12)19-9-11-7-5-4-6-8-11/h4-8,12-15H,9-10H2,1-3H3/t12-,13+,14-,15-,17+/m1/s1. The molecule has 4 saturated heterocycles. The van der Waals surface area contributed by atoms with Gasteiger partial charge in [-0.15, -0.1) is 0 Å². The molecule has 0 amide bonds. The quantitative estimate of drug-likeness (QED) is 0.843. The summed E-state index contributed by atoms with van der Waals surface area (Å²) < 4.78 is 35.7. The first-order valence-corrected chi connectivity index (χ1v) is 7.90. The zero-order chi connectivity index (χ0) is 16.1. The molecular formula is C17H22O6. The van der Waals surface area contributed by atoms with E-state index < -0.39 is 24.0 Å². The first-order chi connectivity index (χ1) is 11.0. The van der Waals surface area contributed by atoms with Gasteiger partial charge in [-0.25, -0.2) is 0 Å². The number of ether oxygens (including phenoxy) is 6. The van der Waals surface area contributed by atoms with Gasteiger partial charge < -0.3 is 28.4 Å². The van der Waals surface area contributed by atoms with E-state index in [1.54, 1.807) is 7.11 Å². The molecule has 23 heavy (non-hydrogen) atoms. The number of benzene rings is 1. The van der Waals surface area contributed by atoms with Gasteiger partial charge in [0.15, 0.2) is 5.79 Å². The van der Waals surface area contributed by atoms with Gasteiger partial charge in [-0.3, -0.25) is 0 Å². The molecule has 5 rings (SSSR count). The van der Waals surface area contributed by atoms with Crippen molar-refractivity contribution >= 4 is 0 Å². The van der Waals surface area contributed by atoms with Crippen molar-refractivity contribution in [2.45, 2.75) is 56.6 Å². The van der Waals surface area contributed by atoms with Crippen LogP contribution < -0.4 is 0 Å². The van der Waals surface area contributed by atoms with E-state index in [4.69, 9.17) is 28.4 Å². The van der Waals surface area contributed by atoms with Crippen LogP contribution in [0.5, 0.6) is 0 Å². The van der Waals surface area contributed by atoms with E-state index in [2.05, 4.69) is 0 Å². The third kappa shape index (κ3) is 2.50.